The second-order valence-corrected chi connectivity index (χ2v) is 19.4. The van der Waals surface area contributed by atoms with E-state index in [0.717, 1.165) is 108 Å². The van der Waals surface area contributed by atoms with Gasteiger partial charge in [-0.3, -0.25) is 19.7 Å². The molecule has 1 unspecified atom stereocenters. The molecule has 0 aliphatic carbocycles. The van der Waals surface area contributed by atoms with Crippen LogP contribution in [0.3, 0.4) is 0 Å². The highest BCUT2D eigenvalue weighted by Gasteiger charge is 2.25. The van der Waals surface area contributed by atoms with E-state index in [1.807, 2.05) is 115 Å². The van der Waals surface area contributed by atoms with Crippen LogP contribution in [0.25, 0.3) is 77.4 Å². The average molecular weight is 1080 g/mol. The van der Waals surface area contributed by atoms with E-state index in [9.17, 15) is 4.79 Å². The second kappa shape index (κ2) is 23.1. The first kappa shape index (κ1) is 50.4. The van der Waals surface area contributed by atoms with Crippen LogP contribution in [0.5, 0.6) is 0 Å². The first-order valence-electron chi connectivity index (χ1n) is 26.6. The van der Waals surface area contributed by atoms with E-state index in [-0.39, 0.29) is 11.8 Å². The van der Waals surface area contributed by atoms with Gasteiger partial charge in [-0.05, 0) is 126 Å². The lowest BCUT2D eigenvalue weighted by Crippen LogP contribution is -2.33. The summed E-state index contributed by atoms with van der Waals surface area (Å²) in [6, 6.07) is 59.5. The Hall–Kier alpha value is -11.1. The maximum atomic E-state index is 12.7. The molecule has 0 saturated heterocycles. The number of hydrogen-bond donors (Lipinski definition) is 5. The summed E-state index contributed by atoms with van der Waals surface area (Å²) in [5, 5.41) is 31.4. The number of pyridine rings is 3. The fourth-order valence-electron chi connectivity index (χ4n) is 9.93. The Morgan fingerprint density at radius 2 is 1.00 bits per heavy atom. The zero-order chi connectivity index (χ0) is 55.0. The van der Waals surface area contributed by atoms with Crippen LogP contribution >= 0.6 is 0 Å². The van der Waals surface area contributed by atoms with Crippen LogP contribution < -0.4 is 26.8 Å². The number of carbonyl (C=O) groups is 1. The maximum Gasteiger partial charge on any atom is 0.255 e. The number of nitrogens with zero attached hydrogens (tertiary/aromatic N) is 7. The summed E-state index contributed by atoms with van der Waals surface area (Å²) < 4.78 is 18.2. The molecule has 1 aliphatic rings. The fourth-order valence-corrected chi connectivity index (χ4v) is 9.93. The molecule has 0 fully saturated rings. The molecule has 14 aromatic rings. The smallest absolute Gasteiger partial charge is 0.255 e. The lowest BCUT2D eigenvalue weighted by molar-refractivity contribution is 0.102. The van der Waals surface area contributed by atoms with Gasteiger partial charge in [0.05, 0.1) is 35.0 Å². The quantitative estimate of drug-likeness (QED) is 0.0817. The number of amides is 1. The van der Waals surface area contributed by atoms with E-state index >= 15 is 0 Å². The van der Waals surface area contributed by atoms with Crippen molar-refractivity contribution in [1.29, 1.82) is 0 Å². The van der Waals surface area contributed by atoms with Crippen molar-refractivity contribution in [2.45, 2.75) is 19.0 Å². The first-order valence-corrected chi connectivity index (χ1v) is 26.6. The Balaban J connectivity index is 0.000000115. The van der Waals surface area contributed by atoms with Crippen LogP contribution in [-0.2, 0) is 13.1 Å². The lowest BCUT2D eigenvalue weighted by Gasteiger charge is -2.27. The number of furan rings is 3. The van der Waals surface area contributed by atoms with Crippen molar-refractivity contribution in [2.24, 2.45) is 0 Å². The van der Waals surface area contributed by atoms with Gasteiger partial charge in [-0.2, -0.15) is 20.4 Å². The van der Waals surface area contributed by atoms with Gasteiger partial charge in [-0.1, -0.05) is 72.8 Å². The van der Waals surface area contributed by atoms with Gasteiger partial charge in [0.25, 0.3) is 5.91 Å². The third kappa shape index (κ3) is 11.1. The molecule has 5 N–H and O–H groups in total. The molecule has 398 valence electrons. The molecule has 1 aliphatic heterocycles. The van der Waals surface area contributed by atoms with Gasteiger partial charge in [-0.25, -0.2) is 5.43 Å². The molecule has 9 heterocycles. The predicted octanol–water partition coefficient (Wildman–Crippen LogP) is 14.2. The molecule has 82 heavy (non-hydrogen) atoms. The average Bonchev–Trinajstić information content (AvgIpc) is 4.32. The monoisotopic (exact) mass is 1070 g/mol. The Morgan fingerprint density at radius 1 is 0.500 bits per heavy atom. The molecule has 16 nitrogen and oxygen atoms in total. The van der Waals surface area contributed by atoms with E-state index in [1.54, 1.807) is 73.8 Å². The van der Waals surface area contributed by atoms with E-state index in [1.165, 1.54) is 11.1 Å². The SMILES string of the molecule is O=C(Nc1ccncc1)c1ccc2nncc(-c3cc4ccccc4o3)c2c1.c1ccc2oc(-c3cnnc4ccc(CNc5ccncc5)cc34)cc2c1.c1ccc2oc(C3CNNc4ccc(CNc5ccncc5)cc43)cc2c1. The van der Waals surface area contributed by atoms with E-state index in [4.69, 9.17) is 13.3 Å². The third-order valence-electron chi connectivity index (χ3n) is 14.1. The van der Waals surface area contributed by atoms with Crippen LogP contribution in [0.2, 0.25) is 0 Å². The number of hydrazine groups is 1. The molecular weight excluding hydrogens is 1020 g/mol. The highest BCUT2D eigenvalue weighted by Crippen LogP contribution is 2.37. The topological polar surface area (TPSA) is 207 Å². The standard InChI is InChI=1S/C22H14N4O2.C22H20N4O.C22H16N4O/c27-22(25-16-7-9-23-10-8-16)15-5-6-19-17(11-15)18(13-24-26-19)21-12-14-3-1-2-4-20(14)28-21;2*1-2-4-21-16(3-1)12-22(27-21)19-14-25-26-20-6-5-15(11-18(19)20)13-24-17-7-9-23-10-8-17/h1-13H,(H,23,25,27);1-12,19,25-26H,13-14H2,(H,23,24);1-12,14H,13H2,(H,23,24). The number of para-hydroxylation sites is 3. The van der Waals surface area contributed by atoms with Gasteiger partial charge in [-0.15, -0.1) is 0 Å². The van der Waals surface area contributed by atoms with Gasteiger partial charge in [0.15, 0.2) is 0 Å². The molecule has 8 aromatic heterocycles. The van der Waals surface area contributed by atoms with Gasteiger partial charge >= 0.3 is 0 Å². The second-order valence-electron chi connectivity index (χ2n) is 19.4. The van der Waals surface area contributed by atoms with Gasteiger partial charge in [0.1, 0.15) is 34.0 Å². The fraction of sp³-hybridized carbons (Fsp3) is 0.0606. The van der Waals surface area contributed by atoms with Crippen molar-refractivity contribution in [2.75, 3.05) is 27.9 Å². The molecule has 0 spiro atoms. The minimum Gasteiger partial charge on any atom is -0.460 e. The van der Waals surface area contributed by atoms with Crippen LogP contribution in [-0.4, -0.2) is 47.8 Å². The van der Waals surface area contributed by atoms with Crippen LogP contribution in [0, 0.1) is 0 Å². The first-order chi connectivity index (χ1) is 40.5. The summed E-state index contributed by atoms with van der Waals surface area (Å²) in [7, 11) is 0. The van der Waals surface area contributed by atoms with E-state index < -0.39 is 0 Å². The normalized spacial score (nSPS) is 12.7. The number of hydrogen-bond acceptors (Lipinski definition) is 15. The van der Waals surface area contributed by atoms with E-state index in [2.05, 4.69) is 105 Å². The summed E-state index contributed by atoms with van der Waals surface area (Å²) in [6.45, 7) is 2.26. The number of rotatable bonds is 11. The van der Waals surface area contributed by atoms with Crippen LogP contribution in [0.1, 0.15) is 38.7 Å². The number of aromatic nitrogens is 7. The molecule has 1 amide bonds. The van der Waals surface area contributed by atoms with E-state index in [0.29, 0.717) is 29.1 Å². The molecule has 0 radical (unpaired) electrons. The number of carbonyl (C=O) groups excluding carboxylic acids is 1. The molecule has 1 atom stereocenters. The van der Waals surface area contributed by atoms with Crippen molar-refractivity contribution in [3.8, 4) is 22.6 Å². The molecule has 15 rings (SSSR count). The summed E-state index contributed by atoms with van der Waals surface area (Å²) in [5.74, 6) is 2.45. The maximum absolute atomic E-state index is 12.7. The summed E-state index contributed by atoms with van der Waals surface area (Å²) in [4.78, 5) is 24.7. The lowest BCUT2D eigenvalue weighted by atomic mass is 9.92. The predicted molar refractivity (Wildman–Crippen MR) is 321 cm³/mol. The summed E-state index contributed by atoms with van der Waals surface area (Å²) >= 11 is 0. The highest BCUT2D eigenvalue weighted by molar-refractivity contribution is 6.08. The third-order valence-corrected chi connectivity index (χ3v) is 14.1. The van der Waals surface area contributed by atoms with Gasteiger partial charge in [0.2, 0.25) is 0 Å². The van der Waals surface area contributed by atoms with Crippen molar-refractivity contribution < 1.29 is 18.0 Å². The molecular formula is C66H50N12O4. The molecule has 0 bridgehead atoms. The number of fused-ring (bicyclic) bond motifs is 6. The largest absolute Gasteiger partial charge is 0.460 e. The Kier molecular flexibility index (Phi) is 14.2. The Labute approximate surface area is 469 Å². The van der Waals surface area contributed by atoms with Crippen LogP contribution in [0.15, 0.2) is 245 Å². The minimum absolute atomic E-state index is 0.175. The number of benzene rings is 6. The summed E-state index contributed by atoms with van der Waals surface area (Å²) in [5.41, 5.74) is 20.5. The van der Waals surface area contributed by atoms with Gasteiger partial charge < -0.3 is 34.6 Å². The Bertz CT molecular complexity index is 4430. The molecule has 6 aromatic carbocycles. The van der Waals surface area contributed by atoms with Gasteiger partial charge in [0, 0.05) is 117 Å². The minimum atomic E-state index is -0.208. The van der Waals surface area contributed by atoms with Crippen molar-refractivity contribution >= 4 is 83.4 Å². The number of anilines is 4. The molecule has 16 heteroatoms. The van der Waals surface area contributed by atoms with Crippen molar-refractivity contribution in [3.05, 3.63) is 260 Å². The van der Waals surface area contributed by atoms with Crippen molar-refractivity contribution in [3.63, 3.8) is 0 Å². The zero-order valence-electron chi connectivity index (χ0n) is 43.9. The zero-order valence-corrected chi connectivity index (χ0v) is 43.9. The van der Waals surface area contributed by atoms with Crippen molar-refractivity contribution in [1.82, 2.24) is 40.8 Å². The van der Waals surface area contributed by atoms with Crippen LogP contribution in [0.4, 0.5) is 22.7 Å². The molecule has 0 saturated carbocycles. The summed E-state index contributed by atoms with van der Waals surface area (Å²) in [6.07, 6.45) is 13.8. The Morgan fingerprint density at radius 3 is 1.57 bits per heavy atom. The number of nitrogens with one attached hydrogen (secondary N) is 5. The highest BCUT2D eigenvalue weighted by atomic mass is 16.3.